The van der Waals surface area contributed by atoms with Gasteiger partial charge in [0.25, 0.3) is 0 Å². The molecule has 0 aliphatic carbocycles. The number of nitrogens with zero attached hydrogens (tertiary/aromatic N) is 1. The standard InChI is InChI=1S/C11H13IN/c12-11-6-2-1-5-10(11)9-13-7-3-4-8-13/h1-2,5-7H,3-4,8-9H2/i8D2. The molecule has 1 aromatic rings. The Labute approximate surface area is 96.1 Å². The molecule has 0 atom stereocenters. The van der Waals surface area contributed by atoms with Crippen LogP contribution >= 0.6 is 22.6 Å². The zero-order chi connectivity index (χ0) is 10.9. The Morgan fingerprint density at radius 3 is 3.00 bits per heavy atom. The van der Waals surface area contributed by atoms with E-state index in [-0.39, 0.29) is 0 Å². The summed E-state index contributed by atoms with van der Waals surface area (Å²) in [4.78, 5) is 1.81. The first kappa shape index (κ1) is 7.23. The van der Waals surface area contributed by atoms with E-state index in [1.807, 2.05) is 23.6 Å². The van der Waals surface area contributed by atoms with Crippen molar-refractivity contribution in [1.29, 1.82) is 0 Å². The quantitative estimate of drug-likeness (QED) is 0.756. The fourth-order valence-electron chi connectivity index (χ4n) is 1.42. The first-order chi connectivity index (χ1) is 7.09. The summed E-state index contributed by atoms with van der Waals surface area (Å²) >= 11 is 2.30. The van der Waals surface area contributed by atoms with Gasteiger partial charge in [-0.25, -0.2) is 0 Å². The van der Waals surface area contributed by atoms with E-state index in [1.54, 1.807) is 0 Å². The van der Waals surface area contributed by atoms with Crippen molar-refractivity contribution in [3.63, 3.8) is 0 Å². The first-order valence-corrected chi connectivity index (χ1v) is 5.51. The third-order valence-corrected chi connectivity index (χ3v) is 3.16. The number of hydrogen-bond acceptors (Lipinski definition) is 1. The molecule has 2 rings (SSSR count). The van der Waals surface area contributed by atoms with E-state index >= 15 is 0 Å². The minimum atomic E-state index is -1.17. The molecule has 13 heavy (non-hydrogen) atoms. The first-order valence-electron chi connectivity index (χ1n) is 5.43. The SMILES string of the molecule is [2H]C1([2H])CC[CH]N1Cc1ccccc1I. The van der Waals surface area contributed by atoms with E-state index in [0.717, 1.165) is 6.42 Å². The van der Waals surface area contributed by atoms with E-state index in [1.165, 1.54) is 9.13 Å². The largest absolute Gasteiger partial charge is 0.295 e. The van der Waals surface area contributed by atoms with Crippen LogP contribution in [0.25, 0.3) is 0 Å². The Morgan fingerprint density at radius 1 is 1.46 bits per heavy atom. The van der Waals surface area contributed by atoms with E-state index in [9.17, 15) is 0 Å². The van der Waals surface area contributed by atoms with Gasteiger partial charge in [-0.15, -0.1) is 0 Å². The van der Waals surface area contributed by atoms with Crippen molar-refractivity contribution in [1.82, 2.24) is 4.90 Å². The van der Waals surface area contributed by atoms with Crippen LogP contribution < -0.4 is 0 Å². The molecule has 0 amide bonds. The molecule has 1 saturated heterocycles. The number of halogens is 1. The molecule has 1 aromatic carbocycles. The summed E-state index contributed by atoms with van der Waals surface area (Å²) in [5.41, 5.74) is 1.19. The normalized spacial score (nSPS) is 24.1. The molecule has 1 aliphatic rings. The molecule has 1 fully saturated rings. The van der Waals surface area contributed by atoms with Crippen molar-refractivity contribution in [3.8, 4) is 0 Å². The lowest BCUT2D eigenvalue weighted by Crippen LogP contribution is -2.15. The third kappa shape index (κ3) is 2.44. The number of likely N-dealkylation sites (tertiary alicyclic amines) is 1. The van der Waals surface area contributed by atoms with Gasteiger partial charge in [0.05, 0.1) is 0 Å². The molecular weight excluding hydrogens is 273 g/mol. The zero-order valence-corrected chi connectivity index (χ0v) is 9.49. The minimum Gasteiger partial charge on any atom is -0.295 e. The predicted molar refractivity (Wildman–Crippen MR) is 63.1 cm³/mol. The van der Waals surface area contributed by atoms with Crippen LogP contribution in [0.15, 0.2) is 24.3 Å². The maximum Gasteiger partial charge on any atom is 0.0431 e. The summed E-state index contributed by atoms with van der Waals surface area (Å²) in [5, 5.41) is 0. The lowest BCUT2D eigenvalue weighted by molar-refractivity contribution is 0.378. The van der Waals surface area contributed by atoms with Crippen LogP contribution in [0.2, 0.25) is 0 Å². The van der Waals surface area contributed by atoms with Crippen LogP contribution in [0, 0.1) is 10.1 Å². The minimum absolute atomic E-state index is 0.608. The van der Waals surface area contributed by atoms with E-state index in [4.69, 9.17) is 2.74 Å². The maximum absolute atomic E-state index is 7.82. The van der Waals surface area contributed by atoms with Crippen LogP contribution in [0.3, 0.4) is 0 Å². The average molecular weight is 288 g/mol. The maximum atomic E-state index is 7.82. The lowest BCUT2D eigenvalue weighted by Gasteiger charge is -2.14. The number of benzene rings is 1. The molecule has 1 heterocycles. The fraction of sp³-hybridized carbons (Fsp3) is 0.364. The molecule has 2 heteroatoms. The predicted octanol–water partition coefficient (Wildman–Crippen LogP) is 3.05. The van der Waals surface area contributed by atoms with Gasteiger partial charge in [0.1, 0.15) is 0 Å². The highest BCUT2D eigenvalue weighted by Crippen LogP contribution is 2.19. The Bertz CT molecular complexity index is 354. The van der Waals surface area contributed by atoms with E-state index in [2.05, 4.69) is 34.7 Å². The molecule has 0 spiro atoms. The second-order valence-electron chi connectivity index (χ2n) is 3.10. The Hall–Kier alpha value is -0.0900. The molecule has 1 radical (unpaired) electrons. The highest BCUT2D eigenvalue weighted by molar-refractivity contribution is 14.1. The fourth-order valence-corrected chi connectivity index (χ4v) is 1.98. The number of rotatable bonds is 2. The zero-order valence-electron chi connectivity index (χ0n) is 9.33. The van der Waals surface area contributed by atoms with Crippen LogP contribution in [0.4, 0.5) is 0 Å². The Balaban J connectivity index is 2.12. The smallest absolute Gasteiger partial charge is 0.0431 e. The Morgan fingerprint density at radius 2 is 2.31 bits per heavy atom. The van der Waals surface area contributed by atoms with E-state index < -0.39 is 6.50 Å². The van der Waals surface area contributed by atoms with Gasteiger partial charge in [0.2, 0.25) is 0 Å². The molecule has 69 valence electrons. The van der Waals surface area contributed by atoms with Crippen LogP contribution in [0.5, 0.6) is 0 Å². The van der Waals surface area contributed by atoms with Gasteiger partial charge >= 0.3 is 0 Å². The van der Waals surface area contributed by atoms with Gasteiger partial charge in [0, 0.05) is 19.4 Å². The van der Waals surface area contributed by atoms with Gasteiger partial charge in [-0.3, -0.25) is 4.90 Å². The summed E-state index contributed by atoms with van der Waals surface area (Å²) in [6.07, 6.45) is 1.45. The second-order valence-corrected chi connectivity index (χ2v) is 4.26. The van der Waals surface area contributed by atoms with Gasteiger partial charge < -0.3 is 0 Å². The van der Waals surface area contributed by atoms with Crippen LogP contribution in [0.1, 0.15) is 21.1 Å². The molecular formula is C11H13IN. The summed E-state index contributed by atoms with van der Waals surface area (Å²) in [6, 6.07) is 8.13. The molecule has 1 nitrogen and oxygen atoms in total. The van der Waals surface area contributed by atoms with Gasteiger partial charge in [-0.1, -0.05) is 18.2 Å². The number of hydrogen-bond donors (Lipinski definition) is 0. The molecule has 0 N–H and O–H groups in total. The molecule has 1 aliphatic heterocycles. The molecule has 0 bridgehead atoms. The average Bonchev–Trinajstić information content (AvgIpc) is 2.50. The monoisotopic (exact) mass is 288 g/mol. The molecule has 0 saturated carbocycles. The third-order valence-electron chi connectivity index (χ3n) is 2.11. The van der Waals surface area contributed by atoms with Crippen molar-refractivity contribution >= 4 is 22.6 Å². The Kier molecular flexibility index (Phi) is 2.46. The van der Waals surface area contributed by atoms with Crippen molar-refractivity contribution in [2.45, 2.75) is 19.4 Å². The summed E-state index contributed by atoms with van der Waals surface area (Å²) in [6.45, 7) is 1.48. The molecule has 0 aromatic heterocycles. The van der Waals surface area contributed by atoms with Crippen molar-refractivity contribution in [3.05, 3.63) is 39.9 Å². The lowest BCUT2D eigenvalue weighted by atomic mass is 10.2. The summed E-state index contributed by atoms with van der Waals surface area (Å²) < 4.78 is 16.8. The van der Waals surface area contributed by atoms with Crippen LogP contribution in [-0.4, -0.2) is 11.4 Å². The summed E-state index contributed by atoms with van der Waals surface area (Å²) in [7, 11) is 0. The summed E-state index contributed by atoms with van der Waals surface area (Å²) in [5.74, 6) is 0. The topological polar surface area (TPSA) is 3.24 Å². The van der Waals surface area contributed by atoms with Crippen LogP contribution in [-0.2, 0) is 6.54 Å². The van der Waals surface area contributed by atoms with Gasteiger partial charge in [0.15, 0.2) is 0 Å². The van der Waals surface area contributed by atoms with Gasteiger partial charge in [-0.2, -0.15) is 0 Å². The van der Waals surface area contributed by atoms with Gasteiger partial charge in [-0.05, 0) is 53.6 Å². The highest BCUT2D eigenvalue weighted by Gasteiger charge is 2.12. The highest BCUT2D eigenvalue weighted by atomic mass is 127. The van der Waals surface area contributed by atoms with E-state index in [0.29, 0.717) is 13.0 Å². The van der Waals surface area contributed by atoms with Crippen molar-refractivity contribution in [2.75, 3.05) is 6.50 Å². The van der Waals surface area contributed by atoms with Crippen molar-refractivity contribution < 1.29 is 2.74 Å². The second kappa shape index (κ2) is 4.42. The van der Waals surface area contributed by atoms with Crippen molar-refractivity contribution in [2.24, 2.45) is 0 Å². The molecule has 0 unspecified atom stereocenters.